The molecule has 0 aliphatic carbocycles. The lowest BCUT2D eigenvalue weighted by Crippen LogP contribution is -2.14. The predicted octanol–water partition coefficient (Wildman–Crippen LogP) is 3.54. The minimum absolute atomic E-state index is 0.0311. The van der Waals surface area contributed by atoms with Gasteiger partial charge in [0, 0.05) is 0 Å². The first-order chi connectivity index (χ1) is 9.00. The van der Waals surface area contributed by atoms with E-state index in [1.807, 2.05) is 0 Å². The predicted molar refractivity (Wildman–Crippen MR) is 70.1 cm³/mol. The Morgan fingerprint density at radius 2 is 1.95 bits per heavy atom. The zero-order chi connectivity index (χ0) is 14.0. The van der Waals surface area contributed by atoms with E-state index in [9.17, 15) is 9.59 Å². The molecule has 19 heavy (non-hydrogen) atoms. The largest absolute Gasteiger partial charge is 0.478 e. The SMILES string of the molecule is O=C(Nc1cccc(Cl)c1C(=O)O)c1ccoc1Cl. The quantitative estimate of drug-likeness (QED) is 0.908. The number of carboxylic acid groups (broad SMARTS) is 1. The molecule has 1 aromatic carbocycles. The van der Waals surface area contributed by atoms with Crippen LogP contribution in [0.4, 0.5) is 5.69 Å². The molecule has 2 N–H and O–H groups in total. The molecule has 1 aromatic heterocycles. The van der Waals surface area contributed by atoms with Gasteiger partial charge in [0.15, 0.2) is 0 Å². The third-order valence-electron chi connectivity index (χ3n) is 2.34. The standard InChI is InChI=1S/C12H7Cl2NO4/c13-7-2-1-3-8(9(7)12(17)18)15-11(16)6-4-5-19-10(6)14/h1-5H,(H,15,16)(H,17,18). The Bertz CT molecular complexity index is 651. The minimum atomic E-state index is -1.24. The van der Waals surface area contributed by atoms with Crippen molar-refractivity contribution in [2.75, 3.05) is 5.32 Å². The summed E-state index contributed by atoms with van der Waals surface area (Å²) < 4.78 is 4.79. The molecular formula is C12H7Cl2NO4. The fraction of sp³-hybridized carbons (Fsp3) is 0. The summed E-state index contributed by atoms with van der Waals surface area (Å²) in [6, 6.07) is 5.76. The van der Waals surface area contributed by atoms with Crippen LogP contribution in [0.1, 0.15) is 20.7 Å². The maximum atomic E-state index is 11.9. The molecule has 1 amide bonds. The zero-order valence-corrected chi connectivity index (χ0v) is 10.8. The Morgan fingerprint density at radius 1 is 1.21 bits per heavy atom. The van der Waals surface area contributed by atoms with E-state index >= 15 is 0 Å². The summed E-state index contributed by atoms with van der Waals surface area (Å²) in [5, 5.41) is 11.4. The molecule has 2 rings (SSSR count). The molecule has 0 atom stereocenters. The molecule has 5 nitrogen and oxygen atoms in total. The number of carbonyl (C=O) groups is 2. The zero-order valence-electron chi connectivity index (χ0n) is 9.31. The molecule has 0 fully saturated rings. The van der Waals surface area contributed by atoms with Crippen LogP contribution in [0.3, 0.4) is 0 Å². The molecule has 98 valence electrons. The lowest BCUT2D eigenvalue weighted by Gasteiger charge is -2.08. The molecule has 0 bridgehead atoms. The molecule has 7 heteroatoms. The van der Waals surface area contributed by atoms with Crippen molar-refractivity contribution in [1.29, 1.82) is 0 Å². The average molecular weight is 300 g/mol. The van der Waals surface area contributed by atoms with Crippen LogP contribution in [-0.2, 0) is 0 Å². The normalized spacial score (nSPS) is 10.2. The first kappa shape index (κ1) is 13.5. The van der Waals surface area contributed by atoms with Gasteiger partial charge < -0.3 is 14.8 Å². The Balaban J connectivity index is 2.35. The van der Waals surface area contributed by atoms with E-state index < -0.39 is 11.9 Å². The smallest absolute Gasteiger partial charge is 0.339 e. The number of anilines is 1. The van der Waals surface area contributed by atoms with E-state index in [1.165, 1.54) is 30.5 Å². The summed E-state index contributed by atoms with van der Waals surface area (Å²) in [5.41, 5.74) is 0.0115. The second kappa shape index (κ2) is 5.34. The molecule has 0 spiro atoms. The number of carboxylic acids is 1. The number of furan rings is 1. The number of carbonyl (C=O) groups excluding carboxylic acids is 1. The molecule has 1 heterocycles. The van der Waals surface area contributed by atoms with E-state index in [0.717, 1.165) is 0 Å². The second-order valence-corrected chi connectivity index (χ2v) is 4.28. The van der Waals surface area contributed by atoms with Gasteiger partial charge in [0.05, 0.1) is 22.5 Å². The number of rotatable bonds is 3. The molecule has 0 aliphatic heterocycles. The molecule has 2 aromatic rings. The average Bonchev–Trinajstić information content (AvgIpc) is 2.75. The Kier molecular flexibility index (Phi) is 3.78. The summed E-state index contributed by atoms with van der Waals surface area (Å²) in [6.07, 6.45) is 1.26. The highest BCUT2D eigenvalue weighted by atomic mass is 35.5. The molecular weight excluding hydrogens is 293 g/mol. The number of amides is 1. The van der Waals surface area contributed by atoms with Gasteiger partial charge in [-0.15, -0.1) is 0 Å². The lowest BCUT2D eigenvalue weighted by molar-refractivity contribution is 0.0698. The van der Waals surface area contributed by atoms with Crippen LogP contribution in [0.15, 0.2) is 34.9 Å². The van der Waals surface area contributed by atoms with E-state index in [2.05, 4.69) is 5.32 Å². The van der Waals surface area contributed by atoms with Crippen molar-refractivity contribution in [1.82, 2.24) is 0 Å². The Labute approximate surface area is 117 Å². The molecule has 0 saturated carbocycles. The van der Waals surface area contributed by atoms with Gasteiger partial charge in [-0.25, -0.2) is 4.79 Å². The highest BCUT2D eigenvalue weighted by molar-refractivity contribution is 6.35. The van der Waals surface area contributed by atoms with Gasteiger partial charge in [0.25, 0.3) is 5.91 Å². The van der Waals surface area contributed by atoms with Crippen molar-refractivity contribution in [2.45, 2.75) is 0 Å². The van der Waals surface area contributed by atoms with Crippen molar-refractivity contribution in [2.24, 2.45) is 0 Å². The number of hydrogen-bond donors (Lipinski definition) is 2. The van der Waals surface area contributed by atoms with Gasteiger partial charge in [-0.3, -0.25) is 4.79 Å². The summed E-state index contributed by atoms with van der Waals surface area (Å²) in [5.74, 6) is -1.82. The van der Waals surface area contributed by atoms with E-state index in [4.69, 9.17) is 32.7 Å². The molecule has 0 aliphatic rings. The van der Waals surface area contributed by atoms with Crippen molar-refractivity contribution < 1.29 is 19.1 Å². The molecule has 0 radical (unpaired) electrons. The van der Waals surface area contributed by atoms with Gasteiger partial charge in [0.2, 0.25) is 5.22 Å². The summed E-state index contributed by atoms with van der Waals surface area (Å²) in [7, 11) is 0. The van der Waals surface area contributed by atoms with Gasteiger partial charge in [-0.2, -0.15) is 0 Å². The van der Waals surface area contributed by atoms with Gasteiger partial charge in [-0.05, 0) is 29.8 Å². The number of benzene rings is 1. The van der Waals surface area contributed by atoms with E-state index in [1.54, 1.807) is 0 Å². The third-order valence-corrected chi connectivity index (χ3v) is 2.95. The van der Waals surface area contributed by atoms with E-state index in [0.29, 0.717) is 0 Å². The van der Waals surface area contributed by atoms with E-state index in [-0.39, 0.29) is 27.1 Å². The van der Waals surface area contributed by atoms with Crippen LogP contribution >= 0.6 is 23.2 Å². The van der Waals surface area contributed by atoms with Crippen molar-refractivity contribution in [3.63, 3.8) is 0 Å². The number of hydrogen-bond acceptors (Lipinski definition) is 3. The van der Waals surface area contributed by atoms with Gasteiger partial charge in [-0.1, -0.05) is 17.7 Å². The Hall–Kier alpha value is -1.98. The fourth-order valence-electron chi connectivity index (χ4n) is 1.49. The van der Waals surface area contributed by atoms with Crippen LogP contribution < -0.4 is 5.32 Å². The molecule has 0 unspecified atom stereocenters. The minimum Gasteiger partial charge on any atom is -0.478 e. The summed E-state index contributed by atoms with van der Waals surface area (Å²) in [6.45, 7) is 0. The lowest BCUT2D eigenvalue weighted by atomic mass is 10.1. The highest BCUT2D eigenvalue weighted by Gasteiger charge is 2.19. The first-order valence-corrected chi connectivity index (χ1v) is 5.82. The number of aromatic carboxylic acids is 1. The topological polar surface area (TPSA) is 79.5 Å². The summed E-state index contributed by atoms with van der Waals surface area (Å²) >= 11 is 11.5. The highest BCUT2D eigenvalue weighted by Crippen LogP contribution is 2.26. The van der Waals surface area contributed by atoms with Gasteiger partial charge in [0.1, 0.15) is 5.56 Å². The third kappa shape index (κ3) is 2.72. The second-order valence-electron chi connectivity index (χ2n) is 3.53. The molecule has 0 saturated heterocycles. The number of halogens is 2. The van der Waals surface area contributed by atoms with Crippen LogP contribution in [0.2, 0.25) is 10.2 Å². The van der Waals surface area contributed by atoms with Crippen molar-refractivity contribution in [3.05, 3.63) is 51.9 Å². The van der Waals surface area contributed by atoms with Crippen LogP contribution in [0.5, 0.6) is 0 Å². The fourth-order valence-corrected chi connectivity index (χ4v) is 1.95. The maximum Gasteiger partial charge on any atom is 0.339 e. The summed E-state index contributed by atoms with van der Waals surface area (Å²) in [4.78, 5) is 23.0. The Morgan fingerprint density at radius 3 is 2.53 bits per heavy atom. The van der Waals surface area contributed by atoms with Crippen LogP contribution in [0, 0.1) is 0 Å². The monoisotopic (exact) mass is 299 g/mol. The van der Waals surface area contributed by atoms with Crippen molar-refractivity contribution in [3.8, 4) is 0 Å². The van der Waals surface area contributed by atoms with Gasteiger partial charge >= 0.3 is 5.97 Å². The van der Waals surface area contributed by atoms with Crippen LogP contribution in [0.25, 0.3) is 0 Å². The number of nitrogens with one attached hydrogen (secondary N) is 1. The van der Waals surface area contributed by atoms with Crippen molar-refractivity contribution >= 4 is 40.8 Å². The maximum absolute atomic E-state index is 11.9. The van der Waals surface area contributed by atoms with Crippen LogP contribution in [-0.4, -0.2) is 17.0 Å². The first-order valence-electron chi connectivity index (χ1n) is 5.07.